The zero-order valence-electron chi connectivity index (χ0n) is 9.09. The lowest BCUT2D eigenvalue weighted by atomic mass is 10.1. The van der Waals surface area contributed by atoms with Crippen molar-refractivity contribution in [1.82, 2.24) is 0 Å². The van der Waals surface area contributed by atoms with Crippen molar-refractivity contribution in [3.05, 3.63) is 54.0 Å². The number of furan rings is 1. The first-order valence-electron chi connectivity index (χ1n) is 5.14. The number of benzene rings is 1. The molecule has 0 aliphatic carbocycles. The smallest absolute Gasteiger partial charge is 0.119 e. The second-order valence-corrected chi connectivity index (χ2v) is 3.58. The first-order valence-corrected chi connectivity index (χ1v) is 5.14. The van der Waals surface area contributed by atoms with Crippen LogP contribution < -0.4 is 4.74 Å². The highest BCUT2D eigenvalue weighted by atomic mass is 16.5. The number of aliphatic hydroxyl groups excluding tert-OH is 1. The summed E-state index contributed by atoms with van der Waals surface area (Å²) in [7, 11) is 1.61. The molecule has 0 radical (unpaired) electrons. The molecule has 0 bridgehead atoms. The number of aliphatic hydroxyl groups is 1. The van der Waals surface area contributed by atoms with E-state index in [1.165, 1.54) is 0 Å². The molecule has 0 amide bonds. The fourth-order valence-corrected chi connectivity index (χ4v) is 1.59. The first-order chi connectivity index (χ1) is 7.79. The topological polar surface area (TPSA) is 42.6 Å². The highest BCUT2D eigenvalue weighted by Crippen LogP contribution is 2.22. The van der Waals surface area contributed by atoms with E-state index in [-0.39, 0.29) is 0 Å². The number of methoxy groups -OCH3 is 1. The third kappa shape index (κ3) is 2.44. The fraction of sp³-hybridized carbons (Fsp3) is 0.231. The predicted octanol–water partition coefficient (Wildman–Crippen LogP) is 2.56. The molecule has 0 fully saturated rings. The summed E-state index contributed by atoms with van der Waals surface area (Å²) in [4.78, 5) is 0. The molecule has 1 aromatic heterocycles. The standard InChI is InChI=1S/C13H14O3/c1-15-11-5-2-4-10(8-11)13(14)9-12-6-3-7-16-12/h2-8,13-14H,9H2,1H3. The number of ether oxygens (including phenoxy) is 1. The molecule has 2 rings (SSSR count). The molecule has 2 aromatic rings. The molecule has 3 heteroatoms. The highest BCUT2D eigenvalue weighted by molar-refractivity contribution is 5.30. The normalized spacial score (nSPS) is 12.4. The summed E-state index contributed by atoms with van der Waals surface area (Å²) in [5, 5.41) is 10.00. The van der Waals surface area contributed by atoms with Crippen LogP contribution in [0.2, 0.25) is 0 Å². The second kappa shape index (κ2) is 4.86. The van der Waals surface area contributed by atoms with Crippen LogP contribution in [-0.4, -0.2) is 12.2 Å². The van der Waals surface area contributed by atoms with E-state index in [1.54, 1.807) is 13.4 Å². The number of hydrogen-bond acceptors (Lipinski definition) is 3. The van der Waals surface area contributed by atoms with E-state index >= 15 is 0 Å². The Morgan fingerprint density at radius 2 is 2.19 bits per heavy atom. The first kappa shape index (κ1) is 10.8. The van der Waals surface area contributed by atoms with E-state index in [0.29, 0.717) is 6.42 Å². The van der Waals surface area contributed by atoms with Crippen molar-refractivity contribution in [3.63, 3.8) is 0 Å². The van der Waals surface area contributed by atoms with Crippen molar-refractivity contribution in [2.24, 2.45) is 0 Å². The van der Waals surface area contributed by atoms with Crippen molar-refractivity contribution in [2.45, 2.75) is 12.5 Å². The second-order valence-electron chi connectivity index (χ2n) is 3.58. The van der Waals surface area contributed by atoms with Crippen molar-refractivity contribution >= 4 is 0 Å². The molecule has 0 aliphatic heterocycles. The van der Waals surface area contributed by atoms with E-state index in [9.17, 15) is 5.11 Å². The van der Waals surface area contributed by atoms with Crippen LogP contribution in [0.5, 0.6) is 5.75 Å². The molecule has 0 saturated heterocycles. The van der Waals surface area contributed by atoms with Gasteiger partial charge in [-0.3, -0.25) is 0 Å². The third-order valence-electron chi connectivity index (χ3n) is 2.45. The van der Waals surface area contributed by atoms with Crippen LogP contribution in [0.25, 0.3) is 0 Å². The maximum absolute atomic E-state index is 10.00. The van der Waals surface area contributed by atoms with Gasteiger partial charge in [-0.1, -0.05) is 12.1 Å². The summed E-state index contributed by atoms with van der Waals surface area (Å²) < 4.78 is 10.3. The average molecular weight is 218 g/mol. The Balaban J connectivity index is 2.11. The molecular weight excluding hydrogens is 204 g/mol. The van der Waals surface area contributed by atoms with Crippen molar-refractivity contribution in [1.29, 1.82) is 0 Å². The lowest BCUT2D eigenvalue weighted by molar-refractivity contribution is 0.170. The van der Waals surface area contributed by atoms with Gasteiger partial charge in [0.05, 0.1) is 19.5 Å². The van der Waals surface area contributed by atoms with Gasteiger partial charge in [-0.2, -0.15) is 0 Å². The Bertz CT molecular complexity index is 434. The van der Waals surface area contributed by atoms with Crippen molar-refractivity contribution in [3.8, 4) is 5.75 Å². The van der Waals surface area contributed by atoms with E-state index in [1.807, 2.05) is 36.4 Å². The minimum Gasteiger partial charge on any atom is -0.497 e. The molecule has 16 heavy (non-hydrogen) atoms. The Kier molecular flexibility index (Phi) is 3.27. The van der Waals surface area contributed by atoms with E-state index in [4.69, 9.17) is 9.15 Å². The SMILES string of the molecule is COc1cccc(C(O)Cc2ccco2)c1. The van der Waals surface area contributed by atoms with Crippen LogP contribution in [-0.2, 0) is 6.42 Å². The number of hydrogen-bond donors (Lipinski definition) is 1. The Labute approximate surface area is 94.3 Å². The molecule has 3 nitrogen and oxygen atoms in total. The van der Waals surface area contributed by atoms with E-state index in [0.717, 1.165) is 17.1 Å². The van der Waals surface area contributed by atoms with Crippen LogP contribution in [0.4, 0.5) is 0 Å². The minimum absolute atomic E-state index is 0.472. The molecule has 1 N–H and O–H groups in total. The summed E-state index contributed by atoms with van der Waals surface area (Å²) in [6, 6.07) is 11.1. The van der Waals surface area contributed by atoms with E-state index in [2.05, 4.69) is 0 Å². The zero-order valence-corrected chi connectivity index (χ0v) is 9.09. The van der Waals surface area contributed by atoms with Crippen molar-refractivity contribution < 1.29 is 14.3 Å². The quantitative estimate of drug-likeness (QED) is 0.857. The van der Waals surface area contributed by atoms with Gasteiger partial charge in [0.1, 0.15) is 11.5 Å². The largest absolute Gasteiger partial charge is 0.497 e. The summed E-state index contributed by atoms with van der Waals surface area (Å²) in [5.74, 6) is 1.52. The number of rotatable bonds is 4. The third-order valence-corrected chi connectivity index (χ3v) is 2.45. The Hall–Kier alpha value is -1.74. The minimum atomic E-state index is -0.568. The van der Waals surface area contributed by atoms with Crippen LogP contribution in [0, 0.1) is 0 Å². The summed E-state index contributed by atoms with van der Waals surface area (Å²) in [5.41, 5.74) is 0.829. The molecule has 0 aliphatic rings. The fourth-order valence-electron chi connectivity index (χ4n) is 1.59. The van der Waals surface area contributed by atoms with Crippen LogP contribution in [0.15, 0.2) is 47.1 Å². The van der Waals surface area contributed by atoms with Crippen LogP contribution >= 0.6 is 0 Å². The van der Waals surface area contributed by atoms with Gasteiger partial charge in [0.25, 0.3) is 0 Å². The van der Waals surface area contributed by atoms with Crippen LogP contribution in [0.1, 0.15) is 17.4 Å². The molecule has 1 heterocycles. The summed E-state index contributed by atoms with van der Waals surface area (Å²) >= 11 is 0. The lowest BCUT2D eigenvalue weighted by Crippen LogP contribution is -2.01. The molecule has 84 valence electrons. The molecule has 1 atom stereocenters. The monoisotopic (exact) mass is 218 g/mol. The Morgan fingerprint density at radius 3 is 2.88 bits per heavy atom. The van der Waals surface area contributed by atoms with Gasteiger partial charge in [0, 0.05) is 6.42 Å². The van der Waals surface area contributed by atoms with Gasteiger partial charge in [0.2, 0.25) is 0 Å². The maximum atomic E-state index is 10.00. The average Bonchev–Trinajstić information content (AvgIpc) is 2.82. The van der Waals surface area contributed by atoms with Gasteiger partial charge in [-0.05, 0) is 29.8 Å². The van der Waals surface area contributed by atoms with Gasteiger partial charge in [-0.15, -0.1) is 0 Å². The molecular formula is C13H14O3. The van der Waals surface area contributed by atoms with Crippen molar-refractivity contribution in [2.75, 3.05) is 7.11 Å². The predicted molar refractivity (Wildman–Crippen MR) is 60.4 cm³/mol. The van der Waals surface area contributed by atoms with Gasteiger partial charge in [0.15, 0.2) is 0 Å². The maximum Gasteiger partial charge on any atom is 0.119 e. The molecule has 0 saturated carbocycles. The molecule has 0 spiro atoms. The molecule has 1 unspecified atom stereocenters. The van der Waals surface area contributed by atoms with Gasteiger partial charge in [-0.25, -0.2) is 0 Å². The highest BCUT2D eigenvalue weighted by Gasteiger charge is 2.10. The van der Waals surface area contributed by atoms with Gasteiger partial charge < -0.3 is 14.3 Å². The molecule has 1 aromatic carbocycles. The summed E-state index contributed by atoms with van der Waals surface area (Å²) in [6.45, 7) is 0. The lowest BCUT2D eigenvalue weighted by Gasteiger charge is -2.10. The van der Waals surface area contributed by atoms with E-state index < -0.39 is 6.10 Å². The zero-order chi connectivity index (χ0) is 11.4. The summed E-state index contributed by atoms with van der Waals surface area (Å²) in [6.07, 6.45) is 1.51. The Morgan fingerprint density at radius 1 is 1.31 bits per heavy atom. The van der Waals surface area contributed by atoms with Crippen LogP contribution in [0.3, 0.4) is 0 Å². The van der Waals surface area contributed by atoms with Gasteiger partial charge >= 0.3 is 0 Å².